The van der Waals surface area contributed by atoms with Gasteiger partial charge in [-0.05, 0) is 41.7 Å². The van der Waals surface area contributed by atoms with Crippen LogP contribution in [0.25, 0.3) is 0 Å². The lowest BCUT2D eigenvalue weighted by Gasteiger charge is -2.20. The predicted molar refractivity (Wildman–Crippen MR) is 72.9 cm³/mol. The van der Waals surface area contributed by atoms with E-state index in [1.807, 2.05) is 37.3 Å². The molecule has 0 aliphatic heterocycles. The van der Waals surface area contributed by atoms with Crippen molar-refractivity contribution < 1.29 is 8.78 Å². The molecule has 2 aromatic rings. The second kappa shape index (κ2) is 5.93. The first-order valence-corrected chi connectivity index (χ1v) is 6.32. The Hall–Kier alpha value is -1.74. The minimum absolute atomic E-state index is 0.0869. The van der Waals surface area contributed by atoms with Crippen molar-refractivity contribution in [2.45, 2.75) is 25.3 Å². The fourth-order valence-electron chi connectivity index (χ4n) is 2.13. The van der Waals surface area contributed by atoms with Crippen LogP contribution < -0.4 is 5.73 Å². The third kappa shape index (κ3) is 3.38. The van der Waals surface area contributed by atoms with E-state index in [-0.39, 0.29) is 12.0 Å². The van der Waals surface area contributed by atoms with E-state index in [1.165, 1.54) is 6.07 Å². The molecule has 2 unspecified atom stereocenters. The molecule has 2 aromatic carbocycles. The number of hydrogen-bond acceptors (Lipinski definition) is 1. The zero-order valence-electron chi connectivity index (χ0n) is 10.8. The first kappa shape index (κ1) is 13.7. The summed E-state index contributed by atoms with van der Waals surface area (Å²) in [6.07, 6.45) is 0.319. The summed E-state index contributed by atoms with van der Waals surface area (Å²) in [7, 11) is 0. The fraction of sp³-hybridized carbons (Fsp3) is 0.250. The van der Waals surface area contributed by atoms with Gasteiger partial charge in [0.15, 0.2) is 0 Å². The maximum absolute atomic E-state index is 13.6. The normalized spacial score (nSPS) is 14.1. The lowest BCUT2D eigenvalue weighted by atomic mass is 9.89. The third-order valence-corrected chi connectivity index (χ3v) is 3.43. The number of rotatable bonds is 4. The van der Waals surface area contributed by atoms with E-state index in [1.54, 1.807) is 0 Å². The van der Waals surface area contributed by atoms with E-state index in [2.05, 4.69) is 0 Å². The summed E-state index contributed by atoms with van der Waals surface area (Å²) < 4.78 is 26.7. The van der Waals surface area contributed by atoms with Crippen LogP contribution in [0.15, 0.2) is 48.5 Å². The molecule has 100 valence electrons. The van der Waals surface area contributed by atoms with E-state index in [0.717, 1.165) is 17.7 Å². The molecule has 0 bridgehead atoms. The van der Waals surface area contributed by atoms with Crippen molar-refractivity contribution in [1.29, 1.82) is 0 Å². The van der Waals surface area contributed by atoms with Gasteiger partial charge in [0.2, 0.25) is 0 Å². The minimum Gasteiger partial charge on any atom is -0.327 e. The van der Waals surface area contributed by atoms with Gasteiger partial charge in [-0.25, -0.2) is 8.78 Å². The summed E-state index contributed by atoms with van der Waals surface area (Å²) in [4.78, 5) is 0. The van der Waals surface area contributed by atoms with Gasteiger partial charge < -0.3 is 5.73 Å². The zero-order valence-corrected chi connectivity index (χ0v) is 10.8. The average molecular weight is 261 g/mol. The van der Waals surface area contributed by atoms with Gasteiger partial charge in [-0.3, -0.25) is 0 Å². The zero-order chi connectivity index (χ0) is 13.8. The molecule has 0 aromatic heterocycles. The van der Waals surface area contributed by atoms with E-state index in [9.17, 15) is 8.78 Å². The smallest absolute Gasteiger partial charge is 0.126 e. The summed E-state index contributed by atoms with van der Waals surface area (Å²) in [5, 5.41) is 0. The van der Waals surface area contributed by atoms with Gasteiger partial charge in [-0.2, -0.15) is 0 Å². The number of nitrogens with two attached hydrogens (primary N) is 1. The third-order valence-electron chi connectivity index (χ3n) is 3.43. The molecule has 0 spiro atoms. The van der Waals surface area contributed by atoms with Crippen LogP contribution in [-0.2, 0) is 6.42 Å². The summed E-state index contributed by atoms with van der Waals surface area (Å²) in [5.74, 6) is -0.753. The standard InChI is InChI=1S/C16H17F2N/c1-11(12-5-3-2-4-6-12)16(19)10-13-9-14(17)7-8-15(13)18/h2-9,11,16H,10,19H2,1H3. The second-order valence-corrected chi connectivity index (χ2v) is 4.80. The van der Waals surface area contributed by atoms with E-state index < -0.39 is 11.6 Å². The molecular formula is C16H17F2N. The highest BCUT2D eigenvalue weighted by Crippen LogP contribution is 2.21. The monoisotopic (exact) mass is 261 g/mol. The molecule has 2 rings (SSSR count). The molecule has 2 atom stereocenters. The Kier molecular flexibility index (Phi) is 4.27. The Morgan fingerprint density at radius 3 is 2.42 bits per heavy atom. The van der Waals surface area contributed by atoms with Crippen molar-refractivity contribution in [3.05, 3.63) is 71.3 Å². The van der Waals surface area contributed by atoms with Gasteiger partial charge >= 0.3 is 0 Å². The summed E-state index contributed by atoms with van der Waals surface area (Å²) in [6.45, 7) is 2.00. The molecular weight excluding hydrogens is 244 g/mol. The largest absolute Gasteiger partial charge is 0.327 e. The molecule has 3 heteroatoms. The highest BCUT2D eigenvalue weighted by Gasteiger charge is 2.17. The number of hydrogen-bond donors (Lipinski definition) is 1. The van der Waals surface area contributed by atoms with Crippen molar-refractivity contribution in [2.24, 2.45) is 5.73 Å². The van der Waals surface area contributed by atoms with Crippen LogP contribution in [0.3, 0.4) is 0 Å². The SMILES string of the molecule is CC(c1ccccc1)C(N)Cc1cc(F)ccc1F. The maximum Gasteiger partial charge on any atom is 0.126 e. The molecule has 0 amide bonds. The van der Waals surface area contributed by atoms with Gasteiger partial charge in [-0.15, -0.1) is 0 Å². The van der Waals surface area contributed by atoms with Crippen molar-refractivity contribution in [2.75, 3.05) is 0 Å². The Bertz CT molecular complexity index is 540. The van der Waals surface area contributed by atoms with Crippen molar-refractivity contribution in [3.63, 3.8) is 0 Å². The molecule has 0 saturated heterocycles. The van der Waals surface area contributed by atoms with Crippen molar-refractivity contribution in [3.8, 4) is 0 Å². The number of benzene rings is 2. The first-order chi connectivity index (χ1) is 9.08. The summed E-state index contributed by atoms with van der Waals surface area (Å²) >= 11 is 0. The highest BCUT2D eigenvalue weighted by molar-refractivity contribution is 5.24. The number of halogens is 2. The minimum atomic E-state index is -0.434. The van der Waals surface area contributed by atoms with Gasteiger partial charge in [0.25, 0.3) is 0 Å². The van der Waals surface area contributed by atoms with Crippen LogP contribution >= 0.6 is 0 Å². The molecule has 0 aliphatic rings. The lowest BCUT2D eigenvalue weighted by Crippen LogP contribution is -2.29. The summed E-state index contributed by atoms with van der Waals surface area (Å²) in [6, 6.07) is 13.0. The van der Waals surface area contributed by atoms with E-state index in [4.69, 9.17) is 5.73 Å². The van der Waals surface area contributed by atoms with Crippen LogP contribution in [0.2, 0.25) is 0 Å². The average Bonchev–Trinajstić information content (AvgIpc) is 2.43. The Labute approximate surface area is 112 Å². The Balaban J connectivity index is 2.12. The van der Waals surface area contributed by atoms with E-state index in [0.29, 0.717) is 12.0 Å². The van der Waals surface area contributed by atoms with Crippen LogP contribution in [0.5, 0.6) is 0 Å². The fourth-order valence-corrected chi connectivity index (χ4v) is 2.13. The molecule has 0 radical (unpaired) electrons. The van der Waals surface area contributed by atoms with E-state index >= 15 is 0 Å². The first-order valence-electron chi connectivity index (χ1n) is 6.32. The molecule has 2 N–H and O–H groups in total. The molecule has 0 aliphatic carbocycles. The Morgan fingerprint density at radius 1 is 1.05 bits per heavy atom. The van der Waals surface area contributed by atoms with Crippen LogP contribution in [-0.4, -0.2) is 6.04 Å². The van der Waals surface area contributed by atoms with Gasteiger partial charge in [-0.1, -0.05) is 37.3 Å². The molecule has 1 nitrogen and oxygen atoms in total. The van der Waals surface area contributed by atoms with Gasteiger partial charge in [0, 0.05) is 6.04 Å². The molecule has 0 saturated carbocycles. The molecule has 0 heterocycles. The van der Waals surface area contributed by atoms with Gasteiger partial charge in [0.1, 0.15) is 11.6 Å². The molecule has 19 heavy (non-hydrogen) atoms. The van der Waals surface area contributed by atoms with Crippen LogP contribution in [0, 0.1) is 11.6 Å². The van der Waals surface area contributed by atoms with Crippen LogP contribution in [0.1, 0.15) is 24.0 Å². The predicted octanol–water partition coefficient (Wildman–Crippen LogP) is 3.64. The Morgan fingerprint density at radius 2 is 1.74 bits per heavy atom. The van der Waals surface area contributed by atoms with Crippen LogP contribution in [0.4, 0.5) is 8.78 Å². The second-order valence-electron chi connectivity index (χ2n) is 4.80. The lowest BCUT2D eigenvalue weighted by molar-refractivity contribution is 0.531. The topological polar surface area (TPSA) is 26.0 Å². The van der Waals surface area contributed by atoms with Gasteiger partial charge in [0.05, 0.1) is 0 Å². The van der Waals surface area contributed by atoms with Crippen molar-refractivity contribution >= 4 is 0 Å². The van der Waals surface area contributed by atoms with Crippen molar-refractivity contribution in [1.82, 2.24) is 0 Å². The maximum atomic E-state index is 13.6. The highest BCUT2D eigenvalue weighted by atomic mass is 19.1. The quantitative estimate of drug-likeness (QED) is 0.893. The molecule has 0 fully saturated rings. The summed E-state index contributed by atoms with van der Waals surface area (Å²) in [5.41, 5.74) is 7.54.